The first-order valence-electron chi connectivity index (χ1n) is 13.3. The van der Waals surface area contributed by atoms with E-state index in [0.29, 0.717) is 17.6 Å². The monoisotopic (exact) mass is 528 g/mol. The average molecular weight is 529 g/mol. The summed E-state index contributed by atoms with van der Waals surface area (Å²) in [6, 6.07) is 10.3. The second-order valence-corrected chi connectivity index (χ2v) is 11.3. The Bertz CT molecular complexity index is 1030. The normalized spacial score (nSPS) is 20.4. The van der Waals surface area contributed by atoms with Crippen LogP contribution in [0.3, 0.4) is 0 Å². The van der Waals surface area contributed by atoms with Crippen LogP contribution in [0.1, 0.15) is 51.0 Å². The fourth-order valence-electron chi connectivity index (χ4n) is 5.51. The fourth-order valence-corrected chi connectivity index (χ4v) is 5.80. The summed E-state index contributed by atoms with van der Waals surface area (Å²) < 4.78 is 5.68. The average Bonchev–Trinajstić information content (AvgIpc) is 3.44. The van der Waals surface area contributed by atoms with Crippen molar-refractivity contribution in [3.8, 4) is 0 Å². The van der Waals surface area contributed by atoms with Crippen LogP contribution in [0.2, 0.25) is 5.02 Å². The predicted molar refractivity (Wildman–Crippen MR) is 151 cm³/mol. The molecule has 0 bridgehead atoms. The van der Waals surface area contributed by atoms with Crippen LogP contribution in [-0.2, 0) is 10.2 Å². The lowest BCUT2D eigenvalue weighted by atomic mass is 9.74. The van der Waals surface area contributed by atoms with Gasteiger partial charge in [-0.3, -0.25) is 0 Å². The van der Waals surface area contributed by atoms with Crippen LogP contribution in [0, 0.1) is 5.92 Å². The largest absolute Gasteiger partial charge is 0.381 e. The number of rotatable bonds is 6. The van der Waals surface area contributed by atoms with E-state index in [4.69, 9.17) is 38.5 Å². The molecular weight excluding hydrogens is 492 g/mol. The van der Waals surface area contributed by atoms with Crippen LogP contribution < -0.4 is 20.4 Å². The molecule has 5 rings (SSSR count). The molecular formula is C27H37ClN6OS. The molecule has 0 unspecified atom stereocenters. The molecule has 0 amide bonds. The van der Waals surface area contributed by atoms with Crippen molar-refractivity contribution in [2.45, 2.75) is 50.9 Å². The van der Waals surface area contributed by atoms with Crippen LogP contribution in [0.4, 0.5) is 17.6 Å². The van der Waals surface area contributed by atoms with Gasteiger partial charge in [-0.05, 0) is 74.4 Å². The molecule has 2 N–H and O–H groups in total. The van der Waals surface area contributed by atoms with E-state index in [2.05, 4.69) is 45.6 Å². The second-order valence-electron chi connectivity index (χ2n) is 10.5. The van der Waals surface area contributed by atoms with E-state index < -0.39 is 0 Å². The molecule has 1 aromatic heterocycles. The zero-order valence-corrected chi connectivity index (χ0v) is 22.7. The molecule has 3 fully saturated rings. The minimum atomic E-state index is -0.0531. The molecule has 3 aliphatic rings. The van der Waals surface area contributed by atoms with E-state index in [-0.39, 0.29) is 5.41 Å². The maximum Gasteiger partial charge on any atom is 0.232 e. The Labute approximate surface area is 225 Å². The number of piperidine rings is 1. The van der Waals surface area contributed by atoms with E-state index in [0.717, 1.165) is 74.8 Å². The summed E-state index contributed by atoms with van der Waals surface area (Å²) in [7, 11) is 0. The van der Waals surface area contributed by atoms with E-state index in [9.17, 15) is 0 Å². The summed E-state index contributed by atoms with van der Waals surface area (Å²) in [5.41, 5.74) is 1.21. The second kappa shape index (κ2) is 11.5. The number of ether oxygens (including phenoxy) is 1. The smallest absolute Gasteiger partial charge is 0.232 e. The minimum absolute atomic E-state index is 0.0531. The van der Waals surface area contributed by atoms with Crippen molar-refractivity contribution < 1.29 is 4.74 Å². The van der Waals surface area contributed by atoms with Crippen LogP contribution in [0.15, 0.2) is 30.3 Å². The van der Waals surface area contributed by atoms with Crippen molar-refractivity contribution in [3.63, 3.8) is 0 Å². The molecule has 1 aromatic carbocycles. The topological polar surface area (TPSA) is 65.5 Å². The Kier molecular flexibility index (Phi) is 8.13. The summed E-state index contributed by atoms with van der Waals surface area (Å²) in [5.74, 6) is 3.32. The highest BCUT2D eigenvalue weighted by Crippen LogP contribution is 2.35. The molecule has 194 valence electrons. The number of benzene rings is 1. The van der Waals surface area contributed by atoms with Crippen LogP contribution >= 0.6 is 23.8 Å². The van der Waals surface area contributed by atoms with Gasteiger partial charge in [-0.25, -0.2) is 0 Å². The molecule has 2 aromatic rings. The van der Waals surface area contributed by atoms with Gasteiger partial charge in [0.15, 0.2) is 5.11 Å². The maximum atomic E-state index is 6.16. The van der Waals surface area contributed by atoms with Gasteiger partial charge >= 0.3 is 0 Å². The standard InChI is InChI=1S/C27H37ClN6OS/c1-20-8-14-34(15-9-20)24-18-23(33-12-2-3-13-33)30-25(31-24)32-26(36)29-19-27(10-16-35-17-11-27)21-4-6-22(28)7-5-21/h4-7,18,20H,2-3,8-17,19H2,1H3,(H2,29,30,31,32,36). The lowest BCUT2D eigenvalue weighted by Crippen LogP contribution is -2.45. The third-order valence-electron chi connectivity index (χ3n) is 7.96. The molecule has 0 radical (unpaired) electrons. The van der Waals surface area contributed by atoms with Gasteiger partial charge in [0.2, 0.25) is 5.95 Å². The highest BCUT2D eigenvalue weighted by Gasteiger charge is 2.34. The number of nitrogens with zero attached hydrogens (tertiary/aromatic N) is 4. The van der Waals surface area contributed by atoms with Crippen LogP contribution in [0.25, 0.3) is 0 Å². The Morgan fingerprint density at radius 3 is 2.28 bits per heavy atom. The van der Waals surface area contributed by atoms with Gasteiger partial charge in [0.25, 0.3) is 0 Å². The van der Waals surface area contributed by atoms with Crippen molar-refractivity contribution in [2.75, 3.05) is 61.1 Å². The van der Waals surface area contributed by atoms with Gasteiger partial charge in [-0.2, -0.15) is 9.97 Å². The molecule has 0 spiro atoms. The number of hydrogen-bond donors (Lipinski definition) is 2. The zero-order valence-electron chi connectivity index (χ0n) is 21.1. The van der Waals surface area contributed by atoms with Gasteiger partial charge in [0.05, 0.1) is 0 Å². The quantitative estimate of drug-likeness (QED) is 0.508. The Morgan fingerprint density at radius 2 is 1.64 bits per heavy atom. The van der Waals surface area contributed by atoms with Crippen molar-refractivity contribution in [2.24, 2.45) is 5.92 Å². The molecule has 36 heavy (non-hydrogen) atoms. The molecule has 0 aliphatic carbocycles. The lowest BCUT2D eigenvalue weighted by molar-refractivity contribution is 0.0515. The third-order valence-corrected chi connectivity index (χ3v) is 8.45. The van der Waals surface area contributed by atoms with Crippen LogP contribution in [-0.4, -0.2) is 61.0 Å². The third kappa shape index (κ3) is 6.03. The number of halogens is 1. The number of thiocarbonyl (C=S) groups is 1. The van der Waals surface area contributed by atoms with E-state index in [1.165, 1.54) is 31.2 Å². The minimum Gasteiger partial charge on any atom is -0.381 e. The van der Waals surface area contributed by atoms with Crippen LogP contribution in [0.5, 0.6) is 0 Å². The zero-order chi connectivity index (χ0) is 25.0. The first-order valence-corrected chi connectivity index (χ1v) is 14.1. The van der Waals surface area contributed by atoms with Crippen molar-refractivity contribution in [1.29, 1.82) is 0 Å². The summed E-state index contributed by atoms with van der Waals surface area (Å²) in [5, 5.41) is 8.07. The number of nitrogens with one attached hydrogen (secondary N) is 2. The summed E-state index contributed by atoms with van der Waals surface area (Å²) in [6.45, 7) is 8.68. The van der Waals surface area contributed by atoms with Gasteiger partial charge in [0.1, 0.15) is 11.6 Å². The Balaban J connectivity index is 1.30. The SMILES string of the molecule is CC1CCN(c2cc(N3CCCC3)nc(NC(=S)NCC3(c4ccc(Cl)cc4)CCOCC3)n2)CC1. The summed E-state index contributed by atoms with van der Waals surface area (Å²) in [6.07, 6.45) is 6.68. The van der Waals surface area contributed by atoms with E-state index in [1.54, 1.807) is 0 Å². The first kappa shape index (κ1) is 25.5. The molecule has 3 saturated heterocycles. The van der Waals surface area contributed by atoms with Gasteiger partial charge < -0.3 is 25.2 Å². The van der Waals surface area contributed by atoms with E-state index in [1.807, 2.05) is 12.1 Å². The Morgan fingerprint density at radius 1 is 1.03 bits per heavy atom. The molecule has 0 atom stereocenters. The Hall–Kier alpha value is -2.16. The number of aromatic nitrogens is 2. The highest BCUT2D eigenvalue weighted by atomic mass is 35.5. The van der Waals surface area contributed by atoms with Crippen molar-refractivity contribution in [3.05, 3.63) is 40.9 Å². The molecule has 0 saturated carbocycles. The van der Waals surface area contributed by atoms with E-state index >= 15 is 0 Å². The molecule has 3 aliphatic heterocycles. The van der Waals surface area contributed by atoms with Gasteiger partial charge in [-0.1, -0.05) is 30.7 Å². The molecule has 7 nitrogen and oxygen atoms in total. The molecule has 9 heteroatoms. The van der Waals surface area contributed by atoms with Crippen molar-refractivity contribution >= 4 is 46.5 Å². The first-order chi connectivity index (χ1) is 17.5. The summed E-state index contributed by atoms with van der Waals surface area (Å²) in [4.78, 5) is 14.5. The highest BCUT2D eigenvalue weighted by molar-refractivity contribution is 7.80. The van der Waals surface area contributed by atoms with Crippen molar-refractivity contribution in [1.82, 2.24) is 15.3 Å². The fraction of sp³-hybridized carbons (Fsp3) is 0.593. The lowest BCUT2D eigenvalue weighted by Gasteiger charge is -2.38. The van der Waals surface area contributed by atoms with Gasteiger partial charge in [0, 0.05) is 62.4 Å². The predicted octanol–water partition coefficient (Wildman–Crippen LogP) is 5.00. The summed E-state index contributed by atoms with van der Waals surface area (Å²) >= 11 is 11.9. The maximum absolute atomic E-state index is 6.16. The van der Waals surface area contributed by atoms with Gasteiger partial charge in [-0.15, -0.1) is 0 Å². The number of anilines is 3. The molecule has 4 heterocycles. The number of hydrogen-bond acceptors (Lipinski definition) is 6.